The lowest BCUT2D eigenvalue weighted by Crippen LogP contribution is -2.45. The van der Waals surface area contributed by atoms with E-state index in [1.54, 1.807) is 0 Å². The van der Waals surface area contributed by atoms with Crippen molar-refractivity contribution in [3.8, 4) is 0 Å². The van der Waals surface area contributed by atoms with Gasteiger partial charge in [-0.3, -0.25) is 4.79 Å². The molecule has 76 valence electrons. The van der Waals surface area contributed by atoms with Crippen LogP contribution < -0.4 is 5.32 Å². The Labute approximate surface area is 84.3 Å². The quantitative estimate of drug-likeness (QED) is 0.603. The standard InChI is InChI=1S/C9H17NO2S/c11-9(12)8(6-13)10-7-4-2-1-3-5-7/h7-8,10,13H,1-6H2,(H,11,12)/t8-/m1/s1. The molecule has 0 unspecified atom stereocenters. The van der Waals surface area contributed by atoms with Crippen molar-refractivity contribution in [2.45, 2.75) is 44.2 Å². The average Bonchev–Trinajstić information content (AvgIpc) is 2.15. The van der Waals surface area contributed by atoms with Gasteiger partial charge in [-0.1, -0.05) is 19.3 Å². The lowest BCUT2D eigenvalue weighted by atomic mass is 9.95. The lowest BCUT2D eigenvalue weighted by molar-refractivity contribution is -0.139. The molecule has 2 N–H and O–H groups in total. The van der Waals surface area contributed by atoms with Crippen LogP contribution >= 0.6 is 12.6 Å². The molecular weight excluding hydrogens is 186 g/mol. The maximum atomic E-state index is 10.7. The monoisotopic (exact) mass is 203 g/mol. The molecule has 0 radical (unpaired) electrons. The summed E-state index contributed by atoms with van der Waals surface area (Å²) in [5.41, 5.74) is 0. The summed E-state index contributed by atoms with van der Waals surface area (Å²) in [7, 11) is 0. The van der Waals surface area contributed by atoms with Gasteiger partial charge < -0.3 is 10.4 Å². The third kappa shape index (κ3) is 3.56. The molecule has 1 saturated carbocycles. The molecule has 0 aromatic carbocycles. The molecule has 1 aliphatic carbocycles. The Kier molecular flexibility index (Phi) is 4.59. The number of hydrogen-bond acceptors (Lipinski definition) is 3. The molecule has 0 amide bonds. The minimum absolute atomic E-state index is 0.367. The number of carbonyl (C=O) groups is 1. The number of nitrogens with one attached hydrogen (secondary N) is 1. The van der Waals surface area contributed by atoms with E-state index in [9.17, 15) is 4.79 Å². The van der Waals surface area contributed by atoms with Gasteiger partial charge in [-0.2, -0.15) is 12.6 Å². The van der Waals surface area contributed by atoms with Gasteiger partial charge in [-0.25, -0.2) is 0 Å². The second kappa shape index (κ2) is 5.50. The van der Waals surface area contributed by atoms with Crippen LogP contribution in [0.1, 0.15) is 32.1 Å². The first kappa shape index (κ1) is 10.9. The Bertz CT molecular complexity index is 169. The highest BCUT2D eigenvalue weighted by atomic mass is 32.1. The van der Waals surface area contributed by atoms with Crippen molar-refractivity contribution in [1.82, 2.24) is 5.32 Å². The molecule has 1 fully saturated rings. The van der Waals surface area contributed by atoms with E-state index < -0.39 is 12.0 Å². The highest BCUT2D eigenvalue weighted by Gasteiger charge is 2.21. The van der Waals surface area contributed by atoms with Gasteiger partial charge in [0.25, 0.3) is 0 Å². The van der Waals surface area contributed by atoms with Gasteiger partial charge in [0.2, 0.25) is 0 Å². The highest BCUT2D eigenvalue weighted by molar-refractivity contribution is 7.80. The number of thiol groups is 1. The topological polar surface area (TPSA) is 49.3 Å². The normalized spacial score (nSPS) is 21.3. The number of aliphatic carboxylic acids is 1. The second-order valence-electron chi connectivity index (χ2n) is 3.57. The summed E-state index contributed by atoms with van der Waals surface area (Å²) in [6.45, 7) is 0. The summed E-state index contributed by atoms with van der Waals surface area (Å²) in [4.78, 5) is 10.7. The summed E-state index contributed by atoms with van der Waals surface area (Å²) in [6, 6.07) is -0.0894. The first-order valence-corrected chi connectivity index (χ1v) is 5.47. The zero-order chi connectivity index (χ0) is 9.68. The van der Waals surface area contributed by atoms with Crippen LogP contribution in [0, 0.1) is 0 Å². The van der Waals surface area contributed by atoms with Crippen LogP contribution in [0.2, 0.25) is 0 Å². The van der Waals surface area contributed by atoms with Gasteiger partial charge in [0.1, 0.15) is 6.04 Å². The highest BCUT2D eigenvalue weighted by Crippen LogP contribution is 2.17. The van der Waals surface area contributed by atoms with Crippen LogP contribution in [0.25, 0.3) is 0 Å². The van der Waals surface area contributed by atoms with E-state index >= 15 is 0 Å². The third-order valence-corrected chi connectivity index (χ3v) is 2.89. The summed E-state index contributed by atoms with van der Waals surface area (Å²) < 4.78 is 0. The smallest absolute Gasteiger partial charge is 0.321 e. The van der Waals surface area contributed by atoms with Crippen molar-refractivity contribution in [2.75, 3.05) is 5.75 Å². The third-order valence-electron chi connectivity index (χ3n) is 2.52. The van der Waals surface area contributed by atoms with Crippen LogP contribution in [-0.4, -0.2) is 28.9 Å². The fraction of sp³-hybridized carbons (Fsp3) is 0.889. The first-order chi connectivity index (χ1) is 6.24. The molecule has 3 nitrogen and oxygen atoms in total. The van der Waals surface area contributed by atoms with Crippen molar-refractivity contribution in [3.63, 3.8) is 0 Å². The molecule has 0 saturated heterocycles. The fourth-order valence-corrected chi connectivity index (χ4v) is 2.02. The predicted octanol–water partition coefficient (Wildman–Crippen LogP) is 1.29. The van der Waals surface area contributed by atoms with Gasteiger partial charge in [-0.15, -0.1) is 0 Å². The van der Waals surface area contributed by atoms with Crippen LogP contribution in [0.15, 0.2) is 0 Å². The average molecular weight is 203 g/mol. The minimum atomic E-state index is -0.791. The van der Waals surface area contributed by atoms with Crippen molar-refractivity contribution in [1.29, 1.82) is 0 Å². The van der Waals surface area contributed by atoms with E-state index in [0.717, 1.165) is 12.8 Å². The Morgan fingerprint density at radius 2 is 2.08 bits per heavy atom. The maximum Gasteiger partial charge on any atom is 0.321 e. The van der Waals surface area contributed by atoms with Crippen molar-refractivity contribution in [2.24, 2.45) is 0 Å². The van der Waals surface area contributed by atoms with E-state index in [2.05, 4.69) is 17.9 Å². The van der Waals surface area contributed by atoms with Gasteiger partial charge in [0.15, 0.2) is 0 Å². The van der Waals surface area contributed by atoms with Gasteiger partial charge in [0.05, 0.1) is 0 Å². The second-order valence-corrected chi connectivity index (χ2v) is 3.94. The van der Waals surface area contributed by atoms with E-state index in [1.165, 1.54) is 19.3 Å². The maximum absolute atomic E-state index is 10.7. The molecule has 1 rings (SSSR count). The number of carboxylic acid groups (broad SMARTS) is 1. The van der Waals surface area contributed by atoms with E-state index in [4.69, 9.17) is 5.11 Å². The largest absolute Gasteiger partial charge is 0.480 e. The van der Waals surface area contributed by atoms with Gasteiger partial charge in [0, 0.05) is 11.8 Å². The summed E-state index contributed by atoms with van der Waals surface area (Å²) in [6.07, 6.45) is 5.94. The molecule has 0 aliphatic heterocycles. The van der Waals surface area contributed by atoms with E-state index in [0.29, 0.717) is 11.8 Å². The molecule has 0 aromatic rings. The Morgan fingerprint density at radius 1 is 1.46 bits per heavy atom. The van der Waals surface area contributed by atoms with Crippen LogP contribution in [0.4, 0.5) is 0 Å². The molecule has 1 aliphatic rings. The molecule has 4 heteroatoms. The molecule has 0 aromatic heterocycles. The number of hydrogen-bond donors (Lipinski definition) is 3. The molecule has 13 heavy (non-hydrogen) atoms. The number of rotatable bonds is 4. The summed E-state index contributed by atoms with van der Waals surface area (Å²) in [5.74, 6) is -0.424. The van der Waals surface area contributed by atoms with Crippen molar-refractivity contribution < 1.29 is 9.90 Å². The molecule has 1 atom stereocenters. The van der Waals surface area contributed by atoms with Crippen LogP contribution in [0.3, 0.4) is 0 Å². The van der Waals surface area contributed by atoms with E-state index in [-0.39, 0.29) is 0 Å². The predicted molar refractivity (Wildman–Crippen MR) is 55.3 cm³/mol. The molecular formula is C9H17NO2S. The van der Waals surface area contributed by atoms with Gasteiger partial charge >= 0.3 is 5.97 Å². The van der Waals surface area contributed by atoms with Gasteiger partial charge in [-0.05, 0) is 12.8 Å². The Balaban J connectivity index is 2.31. The Morgan fingerprint density at radius 3 is 2.54 bits per heavy atom. The first-order valence-electron chi connectivity index (χ1n) is 4.83. The Hall–Kier alpha value is -0.220. The number of carboxylic acids is 1. The summed E-state index contributed by atoms with van der Waals surface area (Å²) in [5, 5.41) is 11.9. The summed E-state index contributed by atoms with van der Waals surface area (Å²) >= 11 is 4.01. The lowest BCUT2D eigenvalue weighted by Gasteiger charge is -2.25. The SMILES string of the molecule is O=C(O)[C@@H](CS)NC1CCCCC1. The van der Waals surface area contributed by atoms with Crippen molar-refractivity contribution in [3.05, 3.63) is 0 Å². The fourth-order valence-electron chi connectivity index (χ4n) is 1.76. The van der Waals surface area contributed by atoms with E-state index in [1.807, 2.05) is 0 Å². The molecule has 0 spiro atoms. The zero-order valence-corrected chi connectivity index (χ0v) is 8.59. The van der Waals surface area contributed by atoms with Crippen molar-refractivity contribution >= 4 is 18.6 Å². The molecule has 0 heterocycles. The molecule has 0 bridgehead atoms. The zero-order valence-electron chi connectivity index (χ0n) is 7.70. The van der Waals surface area contributed by atoms with Crippen LogP contribution in [-0.2, 0) is 4.79 Å². The minimum Gasteiger partial charge on any atom is -0.480 e. The van der Waals surface area contributed by atoms with Crippen LogP contribution in [0.5, 0.6) is 0 Å².